The van der Waals surface area contributed by atoms with E-state index in [1.54, 1.807) is 8.52 Å². The molecule has 1 aromatic heterocycles. The fourth-order valence-corrected chi connectivity index (χ4v) is 2.83. The summed E-state index contributed by atoms with van der Waals surface area (Å²) in [5, 5.41) is 0. The summed E-state index contributed by atoms with van der Waals surface area (Å²) in [6, 6.07) is 9.70. The van der Waals surface area contributed by atoms with Crippen LogP contribution < -0.4 is 10.5 Å². The number of unbranched alkanes of at least 4 members (excludes halogenated alkanes) is 1. The number of benzene rings is 1. The van der Waals surface area contributed by atoms with Crippen LogP contribution in [0.5, 0.6) is 0 Å². The second kappa shape index (κ2) is 6.52. The van der Waals surface area contributed by atoms with Crippen LogP contribution in [0.4, 0.5) is 0 Å². The zero-order valence-electron chi connectivity index (χ0n) is 11.4. The highest BCUT2D eigenvalue weighted by atomic mass is 32.1. The summed E-state index contributed by atoms with van der Waals surface area (Å²) < 4.78 is 3.43. The molecular formula is C14H19N3OS. The van der Waals surface area contributed by atoms with Gasteiger partial charge < -0.3 is 0 Å². The van der Waals surface area contributed by atoms with E-state index in [4.69, 9.17) is 0 Å². The Labute approximate surface area is 116 Å². The second-order valence-corrected chi connectivity index (χ2v) is 5.18. The van der Waals surface area contributed by atoms with Crippen molar-refractivity contribution in [1.82, 2.24) is 8.52 Å². The van der Waals surface area contributed by atoms with Gasteiger partial charge in [0.2, 0.25) is 4.80 Å². The van der Waals surface area contributed by atoms with Gasteiger partial charge in [-0.2, -0.15) is 0 Å². The molecule has 0 amide bonds. The maximum atomic E-state index is 12.3. The van der Waals surface area contributed by atoms with E-state index in [0.717, 1.165) is 29.9 Å². The van der Waals surface area contributed by atoms with Crippen LogP contribution in [0.25, 0.3) is 5.69 Å². The van der Waals surface area contributed by atoms with E-state index in [-0.39, 0.29) is 5.69 Å². The van der Waals surface area contributed by atoms with Gasteiger partial charge in [0.05, 0.1) is 5.69 Å². The molecule has 0 saturated heterocycles. The third-order valence-corrected chi connectivity index (χ3v) is 3.94. The van der Waals surface area contributed by atoms with E-state index in [9.17, 15) is 4.79 Å². The van der Waals surface area contributed by atoms with Gasteiger partial charge in [0.25, 0.3) is 0 Å². The molecule has 1 aromatic carbocycles. The Hall–Kier alpha value is -1.62. The first kappa shape index (κ1) is 13.8. The van der Waals surface area contributed by atoms with Crippen molar-refractivity contribution < 1.29 is 0 Å². The molecule has 0 N–H and O–H groups in total. The lowest BCUT2D eigenvalue weighted by atomic mass is 10.3. The average molecular weight is 277 g/mol. The van der Waals surface area contributed by atoms with Crippen LogP contribution in [0.3, 0.4) is 0 Å². The molecule has 4 nitrogen and oxygen atoms in total. The van der Waals surface area contributed by atoms with Gasteiger partial charge in [0, 0.05) is 13.1 Å². The van der Waals surface area contributed by atoms with Gasteiger partial charge in [-0.1, -0.05) is 31.5 Å². The molecule has 0 saturated carbocycles. The topological polar surface area (TPSA) is 39.3 Å². The lowest BCUT2D eigenvalue weighted by molar-refractivity contribution is 0.670. The number of hydrogen-bond acceptors (Lipinski definition) is 3. The van der Waals surface area contributed by atoms with Gasteiger partial charge >= 0.3 is 5.69 Å². The van der Waals surface area contributed by atoms with Crippen molar-refractivity contribution in [2.75, 3.05) is 6.54 Å². The molecule has 0 atom stereocenters. The fraction of sp³-hybridized carbons (Fsp3) is 0.429. The molecule has 19 heavy (non-hydrogen) atoms. The van der Waals surface area contributed by atoms with Crippen LogP contribution in [0.1, 0.15) is 26.7 Å². The largest absolute Gasteiger partial charge is 0.344 e. The summed E-state index contributed by atoms with van der Waals surface area (Å²) in [6.07, 6.45) is 2.17. The molecule has 0 aliphatic carbocycles. The maximum Gasteiger partial charge on any atom is 0.344 e. The maximum absolute atomic E-state index is 12.3. The number of rotatable bonds is 5. The molecule has 0 spiro atoms. The van der Waals surface area contributed by atoms with Crippen molar-refractivity contribution in [1.29, 1.82) is 0 Å². The van der Waals surface area contributed by atoms with Gasteiger partial charge in [0.15, 0.2) is 0 Å². The lowest BCUT2D eigenvalue weighted by Crippen LogP contribution is -2.28. The van der Waals surface area contributed by atoms with E-state index in [1.807, 2.05) is 37.3 Å². The van der Waals surface area contributed by atoms with Crippen LogP contribution in [0.2, 0.25) is 0 Å². The smallest absolute Gasteiger partial charge is 0.268 e. The predicted molar refractivity (Wildman–Crippen MR) is 78.9 cm³/mol. The molecule has 1 heterocycles. The normalized spacial score (nSPS) is 12.0. The van der Waals surface area contributed by atoms with E-state index in [0.29, 0.717) is 6.54 Å². The van der Waals surface area contributed by atoms with Crippen LogP contribution in [-0.2, 0) is 6.54 Å². The average Bonchev–Trinajstić information content (AvgIpc) is 2.76. The van der Waals surface area contributed by atoms with Crippen molar-refractivity contribution in [3.8, 4) is 5.69 Å². The first-order valence-electron chi connectivity index (χ1n) is 6.67. The van der Waals surface area contributed by atoms with Gasteiger partial charge in [-0.3, -0.25) is 9.56 Å². The van der Waals surface area contributed by atoms with Gasteiger partial charge in [-0.15, -0.1) is 0 Å². The Morgan fingerprint density at radius 2 is 1.95 bits per heavy atom. The van der Waals surface area contributed by atoms with E-state index < -0.39 is 0 Å². The Balaban J connectivity index is 2.48. The molecule has 0 fully saturated rings. The SMILES string of the molecule is CCCCN=c1sn(-c2ccccc2)c(=O)n1CC. The van der Waals surface area contributed by atoms with E-state index in [1.165, 1.54) is 11.5 Å². The number of aromatic nitrogens is 2. The lowest BCUT2D eigenvalue weighted by Gasteiger charge is -1.97. The Morgan fingerprint density at radius 3 is 2.58 bits per heavy atom. The minimum atomic E-state index is -0.00560. The summed E-state index contributed by atoms with van der Waals surface area (Å²) >= 11 is 1.41. The van der Waals surface area contributed by atoms with Crippen LogP contribution in [0, 0.1) is 0 Å². The van der Waals surface area contributed by atoms with Crippen molar-refractivity contribution >= 4 is 11.5 Å². The molecule has 0 radical (unpaired) electrons. The highest BCUT2D eigenvalue weighted by Crippen LogP contribution is 2.05. The van der Waals surface area contributed by atoms with Crippen LogP contribution in [0.15, 0.2) is 40.1 Å². The summed E-state index contributed by atoms with van der Waals surface area (Å²) in [4.78, 5) is 17.7. The molecule has 5 heteroatoms. The standard InChI is InChI=1S/C14H19N3OS/c1-3-5-11-15-13-16(4-2)14(18)17(19-13)12-9-7-6-8-10-12/h6-10H,3-5,11H2,1-2H3. The summed E-state index contributed by atoms with van der Waals surface area (Å²) in [5.74, 6) is 0. The highest BCUT2D eigenvalue weighted by Gasteiger charge is 2.08. The first-order valence-corrected chi connectivity index (χ1v) is 7.44. The van der Waals surface area contributed by atoms with E-state index in [2.05, 4.69) is 11.9 Å². The van der Waals surface area contributed by atoms with Gasteiger partial charge in [-0.25, -0.2) is 8.75 Å². The van der Waals surface area contributed by atoms with Crippen LogP contribution in [-0.4, -0.2) is 15.1 Å². The minimum absolute atomic E-state index is 0.00560. The van der Waals surface area contributed by atoms with Crippen molar-refractivity contribution in [3.05, 3.63) is 45.6 Å². The summed E-state index contributed by atoms with van der Waals surface area (Å²) in [6.45, 7) is 5.55. The fourth-order valence-electron chi connectivity index (χ4n) is 1.81. The molecule has 2 rings (SSSR count). The summed E-state index contributed by atoms with van der Waals surface area (Å²) in [7, 11) is 0. The number of hydrogen-bond donors (Lipinski definition) is 0. The number of para-hydroxylation sites is 1. The zero-order chi connectivity index (χ0) is 13.7. The molecule has 0 aliphatic rings. The minimum Gasteiger partial charge on any atom is -0.268 e. The Kier molecular flexibility index (Phi) is 4.74. The molecular weight excluding hydrogens is 258 g/mol. The molecule has 0 bridgehead atoms. The van der Waals surface area contributed by atoms with E-state index >= 15 is 0 Å². The van der Waals surface area contributed by atoms with Crippen molar-refractivity contribution in [2.45, 2.75) is 33.2 Å². The predicted octanol–water partition coefficient (Wildman–Crippen LogP) is 2.42. The van der Waals surface area contributed by atoms with Crippen LogP contribution >= 0.6 is 11.5 Å². The molecule has 102 valence electrons. The van der Waals surface area contributed by atoms with Crippen molar-refractivity contribution in [3.63, 3.8) is 0 Å². The Bertz CT molecular complexity index is 637. The monoisotopic (exact) mass is 277 g/mol. The molecule has 2 aromatic rings. The number of nitrogens with zero attached hydrogens (tertiary/aromatic N) is 3. The second-order valence-electron chi connectivity index (χ2n) is 4.27. The molecule has 0 unspecified atom stereocenters. The highest BCUT2D eigenvalue weighted by molar-refractivity contribution is 7.03. The quantitative estimate of drug-likeness (QED) is 0.774. The zero-order valence-corrected chi connectivity index (χ0v) is 12.2. The van der Waals surface area contributed by atoms with Gasteiger partial charge in [0.1, 0.15) is 0 Å². The molecule has 0 aliphatic heterocycles. The first-order chi connectivity index (χ1) is 9.27. The summed E-state index contributed by atoms with van der Waals surface area (Å²) in [5.41, 5.74) is 0.894. The van der Waals surface area contributed by atoms with Crippen molar-refractivity contribution in [2.24, 2.45) is 4.99 Å². The Morgan fingerprint density at radius 1 is 1.21 bits per heavy atom. The third-order valence-electron chi connectivity index (χ3n) is 2.87. The third kappa shape index (κ3) is 3.04. The van der Waals surface area contributed by atoms with Gasteiger partial charge in [-0.05, 0) is 37.0 Å².